The third-order valence-electron chi connectivity index (χ3n) is 5.71. The molecule has 1 aliphatic rings. The second-order valence-corrected chi connectivity index (χ2v) is 7.59. The second kappa shape index (κ2) is 8.12. The lowest BCUT2D eigenvalue weighted by atomic mass is 9.83. The van der Waals surface area contributed by atoms with Crippen molar-refractivity contribution in [1.82, 2.24) is 0 Å². The summed E-state index contributed by atoms with van der Waals surface area (Å²) in [6.45, 7) is 4.07. The van der Waals surface area contributed by atoms with E-state index in [9.17, 15) is 8.78 Å². The summed E-state index contributed by atoms with van der Waals surface area (Å²) in [5.41, 5.74) is 3.08. The molecule has 1 atom stereocenters. The van der Waals surface area contributed by atoms with E-state index >= 15 is 0 Å². The average molecular weight is 342 g/mol. The molecule has 1 aliphatic carbocycles. The summed E-state index contributed by atoms with van der Waals surface area (Å²) < 4.78 is 28.8. The van der Waals surface area contributed by atoms with Gasteiger partial charge in [-0.2, -0.15) is 0 Å². The van der Waals surface area contributed by atoms with E-state index in [0.717, 1.165) is 12.0 Å². The maximum absolute atomic E-state index is 14.4. The molecule has 0 radical (unpaired) electrons. The molecular formula is C23H28F2. The zero-order valence-corrected chi connectivity index (χ0v) is 15.3. The molecule has 1 unspecified atom stereocenters. The SMILES string of the molecule is CCC(C)Cc1c(F)cc(-c2ccc(C3CCCCC3)cc2)cc1F. The van der Waals surface area contributed by atoms with Crippen molar-refractivity contribution in [1.29, 1.82) is 0 Å². The molecule has 2 heteroatoms. The van der Waals surface area contributed by atoms with E-state index in [0.29, 0.717) is 17.9 Å². The number of rotatable bonds is 5. The van der Waals surface area contributed by atoms with Gasteiger partial charge in [0.2, 0.25) is 0 Å². The highest BCUT2D eigenvalue weighted by Crippen LogP contribution is 2.34. The Hall–Kier alpha value is -1.70. The summed E-state index contributed by atoms with van der Waals surface area (Å²) >= 11 is 0. The summed E-state index contributed by atoms with van der Waals surface area (Å²) in [4.78, 5) is 0. The zero-order valence-electron chi connectivity index (χ0n) is 15.3. The Morgan fingerprint density at radius 2 is 1.52 bits per heavy atom. The number of benzene rings is 2. The lowest BCUT2D eigenvalue weighted by Gasteiger charge is -2.22. The van der Waals surface area contributed by atoms with Crippen molar-refractivity contribution >= 4 is 0 Å². The van der Waals surface area contributed by atoms with Gasteiger partial charge in [-0.1, -0.05) is 63.8 Å². The first kappa shape index (κ1) is 18.1. The molecule has 0 amide bonds. The van der Waals surface area contributed by atoms with E-state index in [-0.39, 0.29) is 11.5 Å². The van der Waals surface area contributed by atoms with Gasteiger partial charge in [-0.15, -0.1) is 0 Å². The number of halogens is 2. The van der Waals surface area contributed by atoms with Crippen molar-refractivity contribution in [3.8, 4) is 11.1 Å². The van der Waals surface area contributed by atoms with Crippen LogP contribution in [0.2, 0.25) is 0 Å². The molecule has 25 heavy (non-hydrogen) atoms. The van der Waals surface area contributed by atoms with Crippen LogP contribution in [-0.2, 0) is 6.42 Å². The van der Waals surface area contributed by atoms with Crippen LogP contribution < -0.4 is 0 Å². The second-order valence-electron chi connectivity index (χ2n) is 7.59. The Morgan fingerprint density at radius 3 is 2.08 bits per heavy atom. The van der Waals surface area contributed by atoms with Gasteiger partial charge in [0.25, 0.3) is 0 Å². The molecule has 0 N–H and O–H groups in total. The lowest BCUT2D eigenvalue weighted by Crippen LogP contribution is -2.05. The van der Waals surface area contributed by atoms with Crippen molar-refractivity contribution in [2.45, 2.75) is 64.7 Å². The Kier molecular flexibility index (Phi) is 5.88. The highest BCUT2D eigenvalue weighted by atomic mass is 19.1. The molecule has 1 fully saturated rings. The first-order valence-corrected chi connectivity index (χ1v) is 9.66. The molecule has 0 nitrogen and oxygen atoms in total. The van der Waals surface area contributed by atoms with Gasteiger partial charge >= 0.3 is 0 Å². The van der Waals surface area contributed by atoms with Gasteiger partial charge in [0, 0.05) is 5.56 Å². The van der Waals surface area contributed by atoms with E-state index in [1.54, 1.807) is 0 Å². The topological polar surface area (TPSA) is 0 Å². The van der Waals surface area contributed by atoms with E-state index in [2.05, 4.69) is 12.1 Å². The molecule has 0 aromatic heterocycles. The first-order chi connectivity index (χ1) is 12.1. The first-order valence-electron chi connectivity index (χ1n) is 9.66. The minimum Gasteiger partial charge on any atom is -0.207 e. The van der Waals surface area contributed by atoms with Crippen molar-refractivity contribution in [2.75, 3.05) is 0 Å². The van der Waals surface area contributed by atoms with Crippen LogP contribution >= 0.6 is 0 Å². The average Bonchev–Trinajstić information content (AvgIpc) is 2.65. The van der Waals surface area contributed by atoms with Crippen LogP contribution in [0.1, 0.15) is 69.4 Å². The molecule has 1 saturated carbocycles. The summed E-state index contributed by atoms with van der Waals surface area (Å²) in [5, 5.41) is 0. The minimum atomic E-state index is -0.424. The van der Waals surface area contributed by atoms with Crippen LogP contribution in [-0.4, -0.2) is 0 Å². The van der Waals surface area contributed by atoms with Gasteiger partial charge in [0.1, 0.15) is 11.6 Å². The maximum atomic E-state index is 14.4. The van der Waals surface area contributed by atoms with E-state index in [1.165, 1.54) is 49.8 Å². The molecule has 0 saturated heterocycles. The fourth-order valence-electron chi connectivity index (χ4n) is 3.84. The molecule has 3 rings (SSSR count). The Bertz CT molecular complexity index is 674. The van der Waals surface area contributed by atoms with Gasteiger partial charge in [-0.3, -0.25) is 0 Å². The highest BCUT2D eigenvalue weighted by Gasteiger charge is 2.17. The van der Waals surface area contributed by atoms with E-state index < -0.39 is 11.6 Å². The van der Waals surface area contributed by atoms with Crippen molar-refractivity contribution in [3.05, 3.63) is 59.2 Å². The Balaban J connectivity index is 1.81. The smallest absolute Gasteiger partial charge is 0.129 e. The van der Waals surface area contributed by atoms with E-state index in [1.807, 2.05) is 26.0 Å². The summed E-state index contributed by atoms with van der Waals surface area (Å²) in [6.07, 6.45) is 7.84. The molecule has 0 spiro atoms. The van der Waals surface area contributed by atoms with Gasteiger partial charge in [-0.25, -0.2) is 8.78 Å². The molecule has 0 heterocycles. The molecule has 2 aromatic carbocycles. The molecule has 0 aliphatic heterocycles. The van der Waals surface area contributed by atoms with Crippen LogP contribution in [0.4, 0.5) is 8.78 Å². The number of hydrogen-bond donors (Lipinski definition) is 0. The van der Waals surface area contributed by atoms with Crippen molar-refractivity contribution in [2.24, 2.45) is 5.92 Å². The Labute approximate surface area is 150 Å². The van der Waals surface area contributed by atoms with Crippen molar-refractivity contribution in [3.63, 3.8) is 0 Å². The van der Waals surface area contributed by atoms with Crippen LogP contribution in [0, 0.1) is 17.6 Å². The largest absolute Gasteiger partial charge is 0.207 e. The predicted molar refractivity (Wildman–Crippen MR) is 101 cm³/mol. The monoisotopic (exact) mass is 342 g/mol. The van der Waals surface area contributed by atoms with Crippen LogP contribution in [0.25, 0.3) is 11.1 Å². The quantitative estimate of drug-likeness (QED) is 0.536. The molecule has 0 bridgehead atoms. The minimum absolute atomic E-state index is 0.219. The number of hydrogen-bond acceptors (Lipinski definition) is 0. The molecule has 2 aromatic rings. The van der Waals surface area contributed by atoms with Crippen molar-refractivity contribution < 1.29 is 8.78 Å². The van der Waals surface area contributed by atoms with Gasteiger partial charge in [-0.05, 0) is 59.9 Å². The van der Waals surface area contributed by atoms with Gasteiger partial charge in [0.15, 0.2) is 0 Å². The third-order valence-corrected chi connectivity index (χ3v) is 5.71. The van der Waals surface area contributed by atoms with Crippen LogP contribution in [0.5, 0.6) is 0 Å². The van der Waals surface area contributed by atoms with E-state index in [4.69, 9.17) is 0 Å². The molecule has 134 valence electrons. The van der Waals surface area contributed by atoms with Crippen LogP contribution in [0.15, 0.2) is 36.4 Å². The highest BCUT2D eigenvalue weighted by molar-refractivity contribution is 5.64. The summed E-state index contributed by atoms with van der Waals surface area (Å²) in [5.74, 6) is 0.0807. The molecular weight excluding hydrogens is 314 g/mol. The normalized spacial score (nSPS) is 16.8. The maximum Gasteiger partial charge on any atom is 0.129 e. The third kappa shape index (κ3) is 4.29. The Morgan fingerprint density at radius 1 is 0.920 bits per heavy atom. The van der Waals surface area contributed by atoms with Gasteiger partial charge in [0.05, 0.1) is 0 Å². The lowest BCUT2D eigenvalue weighted by molar-refractivity contribution is 0.443. The fraction of sp³-hybridized carbons (Fsp3) is 0.478. The van der Waals surface area contributed by atoms with Gasteiger partial charge < -0.3 is 0 Å². The van der Waals surface area contributed by atoms with Crippen LogP contribution in [0.3, 0.4) is 0 Å². The standard InChI is InChI=1S/C23H28F2/c1-3-16(2)13-21-22(24)14-20(15-23(21)25)19-11-9-18(10-12-19)17-7-5-4-6-8-17/h9-12,14-17H,3-8,13H2,1-2H3. The zero-order chi connectivity index (χ0) is 17.8. The fourth-order valence-corrected chi connectivity index (χ4v) is 3.84. The predicted octanol–water partition coefficient (Wildman–Crippen LogP) is 7.27. The summed E-state index contributed by atoms with van der Waals surface area (Å²) in [6, 6.07) is 11.2. The summed E-state index contributed by atoms with van der Waals surface area (Å²) in [7, 11) is 0.